The van der Waals surface area contributed by atoms with E-state index in [9.17, 15) is 9.59 Å². The van der Waals surface area contributed by atoms with E-state index in [1.54, 1.807) is 12.1 Å². The quantitative estimate of drug-likeness (QED) is 0.349. The first kappa shape index (κ1) is 24.2. The van der Waals surface area contributed by atoms with Crippen molar-refractivity contribution in [3.63, 3.8) is 0 Å². The summed E-state index contributed by atoms with van der Waals surface area (Å²) in [5.41, 5.74) is 3.16. The van der Waals surface area contributed by atoms with Gasteiger partial charge in [0.2, 0.25) is 0 Å². The number of ketones is 1. The average molecular weight is 497 g/mol. The van der Waals surface area contributed by atoms with Crippen molar-refractivity contribution in [2.75, 3.05) is 0 Å². The monoisotopic (exact) mass is 496 g/mol. The minimum atomic E-state index is -0.291. The summed E-state index contributed by atoms with van der Waals surface area (Å²) in [5, 5.41) is 3.88. The van der Waals surface area contributed by atoms with Crippen LogP contribution in [0.2, 0.25) is 10.0 Å². The van der Waals surface area contributed by atoms with Gasteiger partial charge in [0.25, 0.3) is 5.56 Å². The van der Waals surface area contributed by atoms with Gasteiger partial charge in [-0.2, -0.15) is 0 Å². The lowest BCUT2D eigenvalue weighted by molar-refractivity contribution is -0.118. The lowest BCUT2D eigenvalue weighted by Gasteiger charge is -2.19. The lowest BCUT2D eigenvalue weighted by atomic mass is 9.87. The molecular formula is C26H26Cl2N4O2. The van der Waals surface area contributed by atoms with Crippen LogP contribution >= 0.6 is 23.2 Å². The summed E-state index contributed by atoms with van der Waals surface area (Å²) in [6.45, 7) is 6.46. The lowest BCUT2D eigenvalue weighted by Crippen LogP contribution is -2.13. The van der Waals surface area contributed by atoms with E-state index in [1.807, 2.05) is 18.2 Å². The molecule has 0 radical (unpaired) electrons. The third kappa shape index (κ3) is 5.57. The van der Waals surface area contributed by atoms with Gasteiger partial charge in [0, 0.05) is 28.1 Å². The normalized spacial score (nSPS) is 11.8. The number of aromatic amines is 1. The van der Waals surface area contributed by atoms with Crippen LogP contribution in [0, 0.1) is 0 Å². The van der Waals surface area contributed by atoms with Gasteiger partial charge >= 0.3 is 0 Å². The van der Waals surface area contributed by atoms with Gasteiger partial charge in [-0.25, -0.2) is 14.5 Å². The van der Waals surface area contributed by atoms with Gasteiger partial charge in [0.05, 0.1) is 6.42 Å². The smallest absolute Gasteiger partial charge is 0.266 e. The molecule has 6 nitrogen and oxygen atoms in total. The van der Waals surface area contributed by atoms with Crippen molar-refractivity contribution in [1.82, 2.24) is 19.6 Å². The number of benzene rings is 2. The predicted octanol–water partition coefficient (Wildman–Crippen LogP) is 5.82. The van der Waals surface area contributed by atoms with E-state index in [-0.39, 0.29) is 23.2 Å². The van der Waals surface area contributed by atoms with Crippen LogP contribution in [-0.2, 0) is 23.1 Å². The minimum absolute atomic E-state index is 0.0219. The number of hydrogen-bond donors (Lipinski definition) is 1. The first-order chi connectivity index (χ1) is 16.1. The van der Waals surface area contributed by atoms with Gasteiger partial charge in [0.1, 0.15) is 11.6 Å². The summed E-state index contributed by atoms with van der Waals surface area (Å²) in [4.78, 5) is 33.9. The number of fused-ring (bicyclic) bond motifs is 1. The molecule has 176 valence electrons. The Hall–Kier alpha value is -2.96. The summed E-state index contributed by atoms with van der Waals surface area (Å²) in [6.07, 6.45) is 1.78. The van der Waals surface area contributed by atoms with Crippen molar-refractivity contribution in [3.05, 3.63) is 85.9 Å². The molecule has 0 unspecified atom stereocenters. The Bertz CT molecular complexity index is 1400. The summed E-state index contributed by atoms with van der Waals surface area (Å²) in [5.74, 6) is 0.959. The first-order valence-electron chi connectivity index (χ1n) is 11.2. The third-order valence-electron chi connectivity index (χ3n) is 5.71. The topological polar surface area (TPSA) is 80.1 Å². The number of aromatic nitrogens is 4. The molecule has 0 aliphatic rings. The molecule has 0 amide bonds. The van der Waals surface area contributed by atoms with Crippen molar-refractivity contribution in [2.45, 2.75) is 51.9 Å². The fourth-order valence-electron chi connectivity index (χ4n) is 3.80. The van der Waals surface area contributed by atoms with Crippen molar-refractivity contribution in [1.29, 1.82) is 0 Å². The van der Waals surface area contributed by atoms with E-state index in [2.05, 4.69) is 48.0 Å². The van der Waals surface area contributed by atoms with Crippen molar-refractivity contribution in [2.24, 2.45) is 0 Å². The van der Waals surface area contributed by atoms with Crippen LogP contribution in [0.3, 0.4) is 0 Å². The number of rotatable bonds is 7. The molecule has 4 rings (SSSR count). The molecule has 0 aliphatic carbocycles. The molecule has 8 heteroatoms. The average Bonchev–Trinajstić information content (AvgIpc) is 3.15. The second-order valence-electron chi connectivity index (χ2n) is 9.41. The molecule has 2 aromatic carbocycles. The van der Waals surface area contributed by atoms with Crippen molar-refractivity contribution in [3.8, 4) is 11.4 Å². The standard InChI is InChI=1S/C26H26Cl2N4O2/c1-26(2,3)18-10-7-17(8-11-18)25-29-22(32-23(30-25)15-24(34)31-32)14-20(33)6-4-5-16-9-12-19(27)13-21(16)28/h7-13,15H,4-6,14H2,1-3H3,(H,31,34). The Morgan fingerprint density at radius 3 is 2.44 bits per heavy atom. The van der Waals surface area contributed by atoms with Gasteiger partial charge in [-0.3, -0.25) is 14.7 Å². The van der Waals surface area contributed by atoms with Crippen molar-refractivity contribution < 1.29 is 4.79 Å². The second kappa shape index (κ2) is 9.72. The molecular weight excluding hydrogens is 471 g/mol. The highest BCUT2D eigenvalue weighted by molar-refractivity contribution is 6.35. The van der Waals surface area contributed by atoms with E-state index < -0.39 is 0 Å². The highest BCUT2D eigenvalue weighted by atomic mass is 35.5. The van der Waals surface area contributed by atoms with Crippen LogP contribution in [0.15, 0.2) is 53.3 Å². The Labute approximate surface area is 208 Å². The second-order valence-corrected chi connectivity index (χ2v) is 10.3. The number of carbonyl (C=O) groups excluding carboxylic acids is 1. The van der Waals surface area contributed by atoms with Crippen LogP contribution in [0.4, 0.5) is 0 Å². The summed E-state index contributed by atoms with van der Waals surface area (Å²) in [7, 11) is 0. The fourth-order valence-corrected chi connectivity index (χ4v) is 4.30. The number of aryl methyl sites for hydroxylation is 1. The van der Waals surface area contributed by atoms with Crippen LogP contribution in [-0.4, -0.2) is 25.4 Å². The molecule has 2 aromatic heterocycles. The zero-order valence-electron chi connectivity index (χ0n) is 19.4. The highest BCUT2D eigenvalue weighted by Gasteiger charge is 2.16. The Morgan fingerprint density at radius 1 is 1.03 bits per heavy atom. The number of H-pyrrole nitrogens is 1. The zero-order valence-corrected chi connectivity index (χ0v) is 20.9. The Kier molecular flexibility index (Phi) is 6.91. The summed E-state index contributed by atoms with van der Waals surface area (Å²) >= 11 is 12.2. The van der Waals surface area contributed by atoms with E-state index in [1.165, 1.54) is 16.1 Å². The summed E-state index contributed by atoms with van der Waals surface area (Å²) in [6, 6.07) is 14.8. The van der Waals surface area contributed by atoms with E-state index in [0.717, 1.165) is 11.1 Å². The highest BCUT2D eigenvalue weighted by Crippen LogP contribution is 2.25. The summed E-state index contributed by atoms with van der Waals surface area (Å²) < 4.78 is 1.49. The number of halogens is 2. The molecule has 4 aromatic rings. The maximum absolute atomic E-state index is 12.8. The third-order valence-corrected chi connectivity index (χ3v) is 6.29. The zero-order chi connectivity index (χ0) is 24.5. The predicted molar refractivity (Wildman–Crippen MR) is 136 cm³/mol. The fraction of sp³-hybridized carbons (Fsp3) is 0.308. The van der Waals surface area contributed by atoms with Gasteiger partial charge < -0.3 is 0 Å². The molecule has 0 saturated heterocycles. The molecule has 0 bridgehead atoms. The van der Waals surface area contributed by atoms with Gasteiger partial charge in [-0.1, -0.05) is 74.3 Å². The maximum Gasteiger partial charge on any atom is 0.266 e. The molecule has 0 spiro atoms. The van der Waals surface area contributed by atoms with Crippen LogP contribution in [0.1, 0.15) is 50.6 Å². The van der Waals surface area contributed by atoms with E-state index >= 15 is 0 Å². The number of nitrogens with one attached hydrogen (secondary N) is 1. The van der Waals surface area contributed by atoms with Gasteiger partial charge in [-0.05, 0) is 41.5 Å². The molecule has 1 N–H and O–H groups in total. The molecule has 0 atom stereocenters. The van der Waals surface area contributed by atoms with Gasteiger partial charge in [0.15, 0.2) is 11.5 Å². The number of Topliss-reactive ketones (excluding diaryl/α,β-unsaturated/α-hetero) is 1. The number of nitrogens with zero attached hydrogens (tertiary/aromatic N) is 3. The largest absolute Gasteiger partial charge is 0.299 e. The molecule has 0 fully saturated rings. The van der Waals surface area contributed by atoms with Gasteiger partial charge in [-0.15, -0.1) is 0 Å². The number of carbonyl (C=O) groups is 1. The Balaban J connectivity index is 1.53. The molecule has 0 saturated carbocycles. The van der Waals surface area contributed by atoms with E-state index in [4.69, 9.17) is 23.2 Å². The number of hydrogen-bond acceptors (Lipinski definition) is 4. The maximum atomic E-state index is 12.8. The van der Waals surface area contributed by atoms with E-state index in [0.29, 0.717) is 46.6 Å². The van der Waals surface area contributed by atoms with Crippen LogP contribution in [0.25, 0.3) is 17.0 Å². The molecule has 2 heterocycles. The molecule has 0 aliphatic heterocycles. The van der Waals surface area contributed by atoms with Crippen LogP contribution < -0.4 is 5.56 Å². The molecule has 34 heavy (non-hydrogen) atoms. The van der Waals surface area contributed by atoms with Crippen molar-refractivity contribution >= 4 is 34.6 Å². The Morgan fingerprint density at radius 2 is 1.76 bits per heavy atom. The van der Waals surface area contributed by atoms with Crippen LogP contribution in [0.5, 0.6) is 0 Å². The minimum Gasteiger partial charge on any atom is -0.299 e. The first-order valence-corrected chi connectivity index (χ1v) is 11.9. The SMILES string of the molecule is CC(C)(C)c1ccc(-c2nc(CC(=O)CCCc3ccc(Cl)cc3Cl)n3[nH]c(=O)cc3n2)cc1.